The molecule has 52 heavy (non-hydrogen) atoms. The van der Waals surface area contributed by atoms with Gasteiger partial charge in [-0.15, -0.1) is 11.8 Å². The summed E-state index contributed by atoms with van der Waals surface area (Å²) in [4.78, 5) is 4.37. The minimum atomic E-state index is -0.175. The normalized spacial score (nSPS) is 25.4. The van der Waals surface area contributed by atoms with Crippen molar-refractivity contribution in [3.63, 3.8) is 0 Å². The zero-order chi connectivity index (χ0) is 34.2. The van der Waals surface area contributed by atoms with Gasteiger partial charge in [0.25, 0.3) is 0 Å². The van der Waals surface area contributed by atoms with Gasteiger partial charge in [-0.2, -0.15) is 0 Å². The van der Waals surface area contributed by atoms with E-state index in [1.807, 2.05) is 11.8 Å². The van der Waals surface area contributed by atoms with Gasteiger partial charge in [0, 0.05) is 48.2 Å². The molecule has 4 unspecified atom stereocenters. The first-order valence-electron chi connectivity index (χ1n) is 19.2. The van der Waals surface area contributed by atoms with Crippen molar-refractivity contribution in [2.24, 2.45) is 5.92 Å². The van der Waals surface area contributed by atoms with E-state index in [0.29, 0.717) is 17.1 Å². The van der Waals surface area contributed by atoms with Crippen LogP contribution in [0.4, 0.5) is 0 Å². The topological polar surface area (TPSA) is 4.93 Å². The molecule has 3 heteroatoms. The molecule has 3 heterocycles. The lowest BCUT2D eigenvalue weighted by molar-refractivity contribution is 0.332. The van der Waals surface area contributed by atoms with Crippen LogP contribution in [-0.4, -0.2) is 9.82 Å². The summed E-state index contributed by atoms with van der Waals surface area (Å²) in [6.45, 7) is 0. The second-order valence-electron chi connectivity index (χ2n) is 15.2. The van der Waals surface area contributed by atoms with Crippen LogP contribution >= 0.6 is 23.5 Å². The van der Waals surface area contributed by atoms with E-state index in [9.17, 15) is 0 Å². The van der Waals surface area contributed by atoms with E-state index < -0.39 is 0 Å². The Bertz CT molecular complexity index is 2470. The zero-order valence-electron chi connectivity index (χ0n) is 29.3. The first kappa shape index (κ1) is 31.1. The Kier molecular flexibility index (Phi) is 7.37. The molecule has 1 spiro atoms. The number of hydrogen-bond acceptors (Lipinski definition) is 2. The summed E-state index contributed by atoms with van der Waals surface area (Å²) >= 11 is 4.13. The molecule has 1 aromatic heterocycles. The highest BCUT2D eigenvalue weighted by molar-refractivity contribution is 8.04. The standard InChI is InChI=1S/C49H41NS2/c1-3-13-32(14-4-1)35-24-27-41-48(31-35)52-47-28-25-33(29-42(47)49(41)39-18-8-11-21-45(39)51-46-22-12-9-19-40(46)49)34-23-26-38-37-17-7-10-20-43(37)50(44(38)30-34)36-15-5-2-6-16-36/h1-5,7,10-11,13-15,17,19-29,31,34,39,45H,6,8-9,12,16,18,30H2. The first-order chi connectivity index (χ1) is 25.8. The fraction of sp³-hybridized carbons (Fsp3) is 0.224. The lowest BCUT2D eigenvalue weighted by atomic mass is 9.57. The van der Waals surface area contributed by atoms with Crippen LogP contribution in [0.1, 0.15) is 72.4 Å². The SMILES string of the molecule is C1=CCCC(n2c3c(c4ccccc42)C=CC(c2ccc4c(c2)C2(C5=CCCC=C5SC5C=CCCC52)c2ccc(-c5ccccc5)cc2S4)C3)=C1. The molecule has 5 aromatic rings. The molecule has 0 radical (unpaired) electrons. The number of fused-ring (bicyclic) bond motifs is 11. The summed E-state index contributed by atoms with van der Waals surface area (Å²) in [7, 11) is 0. The van der Waals surface area contributed by atoms with Crippen molar-refractivity contribution in [3.05, 3.63) is 178 Å². The molecule has 4 aliphatic carbocycles. The van der Waals surface area contributed by atoms with E-state index in [4.69, 9.17) is 0 Å². The molecular formula is C49H41NS2. The van der Waals surface area contributed by atoms with Crippen molar-refractivity contribution < 1.29 is 0 Å². The molecule has 4 aromatic carbocycles. The minimum absolute atomic E-state index is 0.175. The van der Waals surface area contributed by atoms with Crippen molar-refractivity contribution in [1.82, 2.24) is 4.57 Å². The van der Waals surface area contributed by atoms with Gasteiger partial charge < -0.3 is 4.57 Å². The number of allylic oxidation sites excluding steroid dienone is 9. The van der Waals surface area contributed by atoms with E-state index in [1.54, 1.807) is 11.1 Å². The molecule has 0 saturated carbocycles. The van der Waals surface area contributed by atoms with Crippen molar-refractivity contribution in [3.8, 4) is 11.1 Å². The molecule has 254 valence electrons. The van der Waals surface area contributed by atoms with Crippen LogP contribution < -0.4 is 0 Å². The van der Waals surface area contributed by atoms with Crippen LogP contribution in [0, 0.1) is 5.92 Å². The lowest BCUT2D eigenvalue weighted by Crippen LogP contribution is -2.49. The fourth-order valence-electron chi connectivity index (χ4n) is 10.3. The molecule has 1 nitrogen and oxygen atoms in total. The van der Waals surface area contributed by atoms with Gasteiger partial charge in [0.1, 0.15) is 0 Å². The summed E-state index contributed by atoms with van der Waals surface area (Å²) in [5, 5.41) is 1.84. The largest absolute Gasteiger partial charge is 0.317 e. The van der Waals surface area contributed by atoms with Gasteiger partial charge in [-0.05, 0) is 109 Å². The van der Waals surface area contributed by atoms with Gasteiger partial charge in [-0.25, -0.2) is 0 Å². The van der Waals surface area contributed by atoms with Gasteiger partial charge in [0.15, 0.2) is 0 Å². The highest BCUT2D eigenvalue weighted by atomic mass is 32.2. The summed E-state index contributed by atoms with van der Waals surface area (Å²) in [5.74, 6) is 0.822. The number of hydrogen-bond donors (Lipinski definition) is 0. The summed E-state index contributed by atoms with van der Waals surface area (Å²) in [6, 6.07) is 35.0. The highest BCUT2D eigenvalue weighted by Gasteiger charge is 2.56. The second kappa shape index (κ2) is 12.3. The quantitative estimate of drug-likeness (QED) is 0.172. The van der Waals surface area contributed by atoms with E-state index in [2.05, 4.69) is 162 Å². The molecule has 2 aliphatic heterocycles. The van der Waals surface area contributed by atoms with Crippen LogP contribution in [0.3, 0.4) is 0 Å². The van der Waals surface area contributed by atoms with Gasteiger partial charge in [-0.3, -0.25) is 0 Å². The van der Waals surface area contributed by atoms with Gasteiger partial charge in [0.2, 0.25) is 0 Å². The maximum absolute atomic E-state index is 2.67. The van der Waals surface area contributed by atoms with Crippen molar-refractivity contribution in [2.75, 3.05) is 0 Å². The summed E-state index contributed by atoms with van der Waals surface area (Å²) in [5.41, 5.74) is 14.1. The maximum Gasteiger partial charge on any atom is 0.0534 e. The smallest absolute Gasteiger partial charge is 0.0534 e. The van der Waals surface area contributed by atoms with Gasteiger partial charge in [-0.1, -0.05) is 133 Å². The Hall–Kier alpha value is -4.44. The predicted molar refractivity (Wildman–Crippen MR) is 222 cm³/mol. The highest BCUT2D eigenvalue weighted by Crippen LogP contribution is 2.66. The number of aromatic nitrogens is 1. The number of thioether (sulfide) groups is 1. The van der Waals surface area contributed by atoms with Crippen LogP contribution in [0.5, 0.6) is 0 Å². The third kappa shape index (κ3) is 4.64. The number of benzene rings is 4. The first-order valence-corrected chi connectivity index (χ1v) is 20.9. The Morgan fingerprint density at radius 3 is 2.56 bits per heavy atom. The van der Waals surface area contributed by atoms with Crippen LogP contribution in [0.15, 0.2) is 160 Å². The Labute approximate surface area is 315 Å². The third-order valence-corrected chi connectivity index (χ3v) is 15.0. The van der Waals surface area contributed by atoms with Crippen LogP contribution in [-0.2, 0) is 11.8 Å². The molecule has 0 amide bonds. The zero-order valence-corrected chi connectivity index (χ0v) is 30.9. The van der Waals surface area contributed by atoms with E-state index in [-0.39, 0.29) is 5.41 Å². The number of para-hydroxylation sites is 1. The van der Waals surface area contributed by atoms with Crippen molar-refractivity contribution >= 4 is 46.2 Å². The maximum atomic E-state index is 2.67. The molecule has 0 bridgehead atoms. The van der Waals surface area contributed by atoms with E-state index >= 15 is 0 Å². The molecule has 0 N–H and O–H groups in total. The van der Waals surface area contributed by atoms with Gasteiger partial charge in [0.05, 0.1) is 10.9 Å². The molecule has 1 fully saturated rings. The monoisotopic (exact) mass is 707 g/mol. The number of rotatable bonds is 3. The molecular weight excluding hydrogens is 667 g/mol. The summed E-state index contributed by atoms with van der Waals surface area (Å²) in [6.07, 6.45) is 29.8. The second-order valence-corrected chi connectivity index (χ2v) is 17.5. The summed E-state index contributed by atoms with van der Waals surface area (Å²) < 4.78 is 2.60. The molecule has 11 rings (SSSR count). The van der Waals surface area contributed by atoms with Crippen molar-refractivity contribution in [2.45, 2.75) is 71.3 Å². The van der Waals surface area contributed by atoms with Crippen molar-refractivity contribution in [1.29, 1.82) is 0 Å². The third-order valence-electron chi connectivity index (χ3n) is 12.5. The fourth-order valence-corrected chi connectivity index (χ4v) is 13.1. The molecule has 1 saturated heterocycles. The number of nitrogens with zero attached hydrogens (tertiary/aromatic N) is 1. The average Bonchev–Trinajstić information content (AvgIpc) is 3.55. The van der Waals surface area contributed by atoms with Gasteiger partial charge >= 0.3 is 0 Å². The lowest BCUT2D eigenvalue weighted by Gasteiger charge is -2.55. The molecule has 6 aliphatic rings. The van der Waals surface area contributed by atoms with E-state index in [0.717, 1.165) is 38.5 Å². The Morgan fingerprint density at radius 1 is 0.731 bits per heavy atom. The average molecular weight is 708 g/mol. The minimum Gasteiger partial charge on any atom is -0.317 e. The van der Waals surface area contributed by atoms with Crippen LogP contribution in [0.2, 0.25) is 0 Å². The predicted octanol–water partition coefficient (Wildman–Crippen LogP) is 13.3. The Morgan fingerprint density at radius 2 is 1.63 bits per heavy atom. The van der Waals surface area contributed by atoms with E-state index in [1.165, 1.54) is 71.2 Å². The molecule has 4 atom stereocenters. The Balaban J connectivity index is 1.09. The van der Waals surface area contributed by atoms with Crippen LogP contribution in [0.25, 0.3) is 33.8 Å².